The molecule has 1 aromatic carbocycles. The molecule has 1 amide bonds. The molecule has 0 spiro atoms. The Bertz CT molecular complexity index is 577. The summed E-state index contributed by atoms with van der Waals surface area (Å²) in [5, 5.41) is 0. The second-order valence-corrected chi connectivity index (χ2v) is 7.42. The number of unbranched alkanes of at least 4 members (excludes halogenated alkanes) is 1. The normalized spacial score (nSPS) is 11.4. The van der Waals surface area contributed by atoms with Gasteiger partial charge in [-0.2, -0.15) is 0 Å². The van der Waals surface area contributed by atoms with Crippen LogP contribution in [0, 0.1) is 13.8 Å². The number of hydrogen-bond donors (Lipinski definition) is 0. The van der Waals surface area contributed by atoms with Crippen molar-refractivity contribution in [3.8, 4) is 0 Å². The molecule has 5 heteroatoms. The predicted molar refractivity (Wildman–Crippen MR) is 80.5 cm³/mol. The van der Waals surface area contributed by atoms with Crippen LogP contribution in [0.2, 0.25) is 0 Å². The third kappa shape index (κ3) is 4.63. The van der Waals surface area contributed by atoms with Gasteiger partial charge in [0.25, 0.3) is 0 Å². The molecule has 0 aliphatic rings. The highest BCUT2D eigenvalue weighted by Crippen LogP contribution is 2.17. The highest BCUT2D eigenvalue weighted by molar-refractivity contribution is 7.91. The molecule has 0 heterocycles. The van der Waals surface area contributed by atoms with Gasteiger partial charge >= 0.3 is 0 Å². The number of carbonyl (C=O) groups is 1. The first-order valence-corrected chi connectivity index (χ1v) is 8.39. The standard InChI is InChI=1S/C15H23NO3S/c1-12-8-9-14(11-13(12)2)20(18,19)10-6-5-7-15(17)16(3)4/h8-9,11H,5-7,10H2,1-4H3. The first-order valence-electron chi connectivity index (χ1n) is 6.74. The fourth-order valence-corrected chi connectivity index (χ4v) is 3.27. The molecule has 0 radical (unpaired) electrons. The Balaban J connectivity index is 2.58. The number of sulfone groups is 1. The van der Waals surface area contributed by atoms with Crippen LogP contribution < -0.4 is 0 Å². The summed E-state index contributed by atoms with van der Waals surface area (Å²) in [6, 6.07) is 5.20. The van der Waals surface area contributed by atoms with Crippen molar-refractivity contribution in [2.75, 3.05) is 19.8 Å². The topological polar surface area (TPSA) is 54.5 Å². The third-order valence-corrected chi connectivity index (χ3v) is 5.19. The Kier molecular flexibility index (Phi) is 5.74. The summed E-state index contributed by atoms with van der Waals surface area (Å²) in [6.45, 7) is 3.86. The number of carbonyl (C=O) groups excluding carboxylic acids is 1. The molecule has 0 aliphatic heterocycles. The van der Waals surface area contributed by atoms with Gasteiger partial charge in [-0.25, -0.2) is 8.42 Å². The molecule has 112 valence electrons. The minimum atomic E-state index is -3.24. The van der Waals surface area contributed by atoms with E-state index < -0.39 is 9.84 Å². The van der Waals surface area contributed by atoms with E-state index in [4.69, 9.17) is 0 Å². The zero-order valence-corrected chi connectivity index (χ0v) is 13.5. The van der Waals surface area contributed by atoms with Crippen LogP contribution in [-0.4, -0.2) is 39.1 Å². The van der Waals surface area contributed by atoms with Crippen molar-refractivity contribution in [3.05, 3.63) is 29.3 Å². The minimum Gasteiger partial charge on any atom is -0.349 e. The maximum atomic E-state index is 12.2. The van der Waals surface area contributed by atoms with Crippen molar-refractivity contribution in [2.24, 2.45) is 0 Å². The fourth-order valence-electron chi connectivity index (χ4n) is 1.82. The van der Waals surface area contributed by atoms with E-state index in [0.717, 1.165) is 11.1 Å². The average Bonchev–Trinajstić information content (AvgIpc) is 2.37. The van der Waals surface area contributed by atoms with Gasteiger partial charge < -0.3 is 4.90 Å². The highest BCUT2D eigenvalue weighted by Gasteiger charge is 2.15. The van der Waals surface area contributed by atoms with E-state index in [1.165, 1.54) is 4.90 Å². The zero-order valence-electron chi connectivity index (χ0n) is 12.6. The lowest BCUT2D eigenvalue weighted by atomic mass is 10.1. The summed E-state index contributed by atoms with van der Waals surface area (Å²) >= 11 is 0. The zero-order chi connectivity index (χ0) is 15.3. The molecule has 0 fully saturated rings. The Morgan fingerprint density at radius 2 is 1.75 bits per heavy atom. The Labute approximate surface area is 121 Å². The van der Waals surface area contributed by atoms with Crippen LogP contribution in [0.15, 0.2) is 23.1 Å². The van der Waals surface area contributed by atoms with Gasteiger partial charge in [-0.15, -0.1) is 0 Å². The molecule has 0 saturated heterocycles. The highest BCUT2D eigenvalue weighted by atomic mass is 32.2. The van der Waals surface area contributed by atoms with Gasteiger partial charge in [-0.3, -0.25) is 4.79 Å². The molecule has 0 aromatic heterocycles. The average molecular weight is 297 g/mol. The second kappa shape index (κ2) is 6.88. The van der Waals surface area contributed by atoms with Crippen LogP contribution in [0.1, 0.15) is 30.4 Å². The Morgan fingerprint density at radius 1 is 1.10 bits per heavy atom. The number of aryl methyl sites for hydroxylation is 2. The van der Waals surface area contributed by atoms with Crippen molar-refractivity contribution >= 4 is 15.7 Å². The van der Waals surface area contributed by atoms with Crippen LogP contribution >= 0.6 is 0 Å². The largest absolute Gasteiger partial charge is 0.349 e. The smallest absolute Gasteiger partial charge is 0.222 e. The summed E-state index contributed by atoms with van der Waals surface area (Å²) < 4.78 is 24.4. The molecule has 0 bridgehead atoms. The van der Waals surface area contributed by atoms with Gasteiger partial charge in [0.2, 0.25) is 5.91 Å². The molecule has 0 saturated carbocycles. The summed E-state index contributed by atoms with van der Waals surface area (Å²) in [5.74, 6) is 0.129. The number of benzene rings is 1. The van der Waals surface area contributed by atoms with Gasteiger partial charge in [0, 0.05) is 20.5 Å². The van der Waals surface area contributed by atoms with Gasteiger partial charge in [-0.1, -0.05) is 6.07 Å². The van der Waals surface area contributed by atoms with Crippen molar-refractivity contribution in [2.45, 2.75) is 38.0 Å². The Hall–Kier alpha value is -1.36. The minimum absolute atomic E-state index is 0.0357. The van der Waals surface area contributed by atoms with E-state index in [-0.39, 0.29) is 11.7 Å². The molecule has 0 N–H and O–H groups in total. The molecule has 4 nitrogen and oxygen atoms in total. The van der Waals surface area contributed by atoms with Crippen molar-refractivity contribution < 1.29 is 13.2 Å². The van der Waals surface area contributed by atoms with E-state index in [9.17, 15) is 13.2 Å². The lowest BCUT2D eigenvalue weighted by Crippen LogP contribution is -2.21. The second-order valence-electron chi connectivity index (χ2n) is 5.31. The third-order valence-electron chi connectivity index (χ3n) is 3.39. The molecule has 0 unspecified atom stereocenters. The fraction of sp³-hybridized carbons (Fsp3) is 0.533. The molecule has 0 aliphatic carbocycles. The lowest BCUT2D eigenvalue weighted by molar-refractivity contribution is -0.128. The summed E-state index contributed by atoms with van der Waals surface area (Å²) in [7, 11) is 0.162. The molecule has 1 rings (SSSR count). The summed E-state index contributed by atoms with van der Waals surface area (Å²) in [5.41, 5.74) is 2.06. The molecule has 20 heavy (non-hydrogen) atoms. The molecule has 1 aromatic rings. The van der Waals surface area contributed by atoms with Crippen molar-refractivity contribution in [3.63, 3.8) is 0 Å². The lowest BCUT2D eigenvalue weighted by Gasteiger charge is -2.10. The summed E-state index contributed by atoms with van der Waals surface area (Å²) in [4.78, 5) is 13.3. The number of rotatable bonds is 6. The maximum Gasteiger partial charge on any atom is 0.222 e. The van der Waals surface area contributed by atoms with Gasteiger partial charge in [0.15, 0.2) is 9.84 Å². The van der Waals surface area contributed by atoms with Gasteiger partial charge in [-0.05, 0) is 49.9 Å². The van der Waals surface area contributed by atoms with Crippen molar-refractivity contribution in [1.29, 1.82) is 0 Å². The quantitative estimate of drug-likeness (QED) is 0.757. The van der Waals surface area contributed by atoms with Crippen molar-refractivity contribution in [1.82, 2.24) is 4.90 Å². The maximum absolute atomic E-state index is 12.2. The SMILES string of the molecule is Cc1ccc(S(=O)(=O)CCCCC(=O)N(C)C)cc1C. The van der Waals surface area contributed by atoms with Crippen LogP contribution in [-0.2, 0) is 14.6 Å². The Morgan fingerprint density at radius 3 is 2.30 bits per heavy atom. The molecular formula is C15H23NO3S. The number of nitrogens with zero attached hydrogens (tertiary/aromatic N) is 1. The number of hydrogen-bond acceptors (Lipinski definition) is 3. The van der Waals surface area contributed by atoms with Gasteiger partial charge in [0.05, 0.1) is 10.6 Å². The van der Waals surface area contributed by atoms with E-state index >= 15 is 0 Å². The first kappa shape index (κ1) is 16.7. The van der Waals surface area contributed by atoms with E-state index in [1.807, 2.05) is 19.9 Å². The monoisotopic (exact) mass is 297 g/mol. The predicted octanol–water partition coefficient (Wildman–Crippen LogP) is 2.34. The van der Waals surface area contributed by atoms with Crippen LogP contribution in [0.3, 0.4) is 0 Å². The molecule has 0 atom stereocenters. The number of amides is 1. The van der Waals surface area contributed by atoms with Crippen LogP contribution in [0.4, 0.5) is 0 Å². The molecular weight excluding hydrogens is 274 g/mol. The van der Waals surface area contributed by atoms with E-state index in [1.54, 1.807) is 26.2 Å². The van der Waals surface area contributed by atoms with Crippen LogP contribution in [0.5, 0.6) is 0 Å². The van der Waals surface area contributed by atoms with Gasteiger partial charge in [0.1, 0.15) is 0 Å². The van der Waals surface area contributed by atoms with E-state index in [2.05, 4.69) is 0 Å². The van der Waals surface area contributed by atoms with Crippen LogP contribution in [0.25, 0.3) is 0 Å². The van der Waals surface area contributed by atoms with E-state index in [0.29, 0.717) is 24.2 Å². The summed E-state index contributed by atoms with van der Waals surface area (Å²) in [6.07, 6.45) is 1.51. The first-order chi connectivity index (χ1) is 9.24.